The molecule has 0 N–H and O–H groups in total. The maximum Gasteiger partial charge on any atom is 0.244 e. The Balaban J connectivity index is 1.70. The largest absolute Gasteiger partial charge is 0.338 e. The summed E-state index contributed by atoms with van der Waals surface area (Å²) in [5, 5.41) is 4.11. The lowest BCUT2D eigenvalue weighted by Crippen LogP contribution is -2.24. The molecule has 1 aliphatic rings. The van der Waals surface area contributed by atoms with Crippen LogP contribution < -0.4 is 0 Å². The lowest BCUT2D eigenvalue weighted by atomic mass is 10.2. The molecule has 2 aromatic heterocycles. The summed E-state index contributed by atoms with van der Waals surface area (Å²) < 4.78 is 5.47. The van der Waals surface area contributed by atoms with E-state index in [1.807, 2.05) is 18.3 Å². The first-order valence-electron chi connectivity index (χ1n) is 7.32. The van der Waals surface area contributed by atoms with Gasteiger partial charge in [0, 0.05) is 18.8 Å². The number of hydrogen-bond acceptors (Lipinski definition) is 5. The van der Waals surface area contributed by atoms with Gasteiger partial charge in [-0.2, -0.15) is 4.98 Å². The van der Waals surface area contributed by atoms with Crippen molar-refractivity contribution in [1.29, 1.82) is 0 Å². The van der Waals surface area contributed by atoms with Crippen LogP contribution in [0.1, 0.15) is 49.5 Å². The van der Waals surface area contributed by atoms with Crippen LogP contribution in [0.2, 0.25) is 0 Å². The van der Waals surface area contributed by atoms with Crippen molar-refractivity contribution >= 4 is 0 Å². The average Bonchev–Trinajstić information content (AvgIpc) is 3.09. The van der Waals surface area contributed by atoms with E-state index in [1.165, 1.54) is 6.42 Å². The molecule has 2 aromatic rings. The SMILES string of the molecule is CCCN1CCCC1c1nc(Cc2cccnc2)no1. The fourth-order valence-electron chi connectivity index (χ4n) is 2.82. The van der Waals surface area contributed by atoms with Crippen molar-refractivity contribution in [3.8, 4) is 0 Å². The Kier molecular flexibility index (Phi) is 4.06. The highest BCUT2D eigenvalue weighted by Gasteiger charge is 2.29. The van der Waals surface area contributed by atoms with E-state index in [4.69, 9.17) is 4.52 Å². The molecule has 3 heterocycles. The van der Waals surface area contributed by atoms with Crippen LogP contribution in [-0.4, -0.2) is 33.1 Å². The van der Waals surface area contributed by atoms with Gasteiger partial charge in [-0.05, 0) is 44.0 Å². The summed E-state index contributed by atoms with van der Waals surface area (Å²) in [6.07, 6.45) is 7.78. The monoisotopic (exact) mass is 272 g/mol. The molecule has 1 atom stereocenters. The quantitative estimate of drug-likeness (QED) is 0.837. The van der Waals surface area contributed by atoms with Gasteiger partial charge >= 0.3 is 0 Å². The second kappa shape index (κ2) is 6.13. The molecular formula is C15H20N4O. The van der Waals surface area contributed by atoms with Gasteiger partial charge in [-0.3, -0.25) is 9.88 Å². The molecule has 1 unspecified atom stereocenters. The number of likely N-dealkylation sites (tertiary alicyclic amines) is 1. The third-order valence-corrected chi connectivity index (χ3v) is 3.73. The van der Waals surface area contributed by atoms with Crippen molar-refractivity contribution in [3.05, 3.63) is 41.8 Å². The Labute approximate surface area is 119 Å². The molecule has 0 saturated carbocycles. The maximum atomic E-state index is 5.47. The third-order valence-electron chi connectivity index (χ3n) is 3.73. The van der Waals surface area contributed by atoms with Crippen LogP contribution >= 0.6 is 0 Å². The van der Waals surface area contributed by atoms with Crippen molar-refractivity contribution in [1.82, 2.24) is 20.0 Å². The normalized spacial score (nSPS) is 19.6. The van der Waals surface area contributed by atoms with Crippen molar-refractivity contribution in [2.24, 2.45) is 0 Å². The Morgan fingerprint density at radius 1 is 1.45 bits per heavy atom. The molecule has 3 rings (SSSR count). The van der Waals surface area contributed by atoms with Gasteiger partial charge < -0.3 is 4.52 Å². The minimum atomic E-state index is 0.310. The van der Waals surface area contributed by atoms with Gasteiger partial charge in [-0.15, -0.1) is 0 Å². The van der Waals surface area contributed by atoms with Crippen molar-refractivity contribution < 1.29 is 4.52 Å². The van der Waals surface area contributed by atoms with E-state index in [0.717, 1.165) is 43.2 Å². The van der Waals surface area contributed by atoms with E-state index in [9.17, 15) is 0 Å². The van der Waals surface area contributed by atoms with Gasteiger partial charge in [0.25, 0.3) is 0 Å². The summed E-state index contributed by atoms with van der Waals surface area (Å²) in [5.41, 5.74) is 1.11. The lowest BCUT2D eigenvalue weighted by molar-refractivity contribution is 0.208. The predicted molar refractivity (Wildman–Crippen MR) is 75.2 cm³/mol. The molecule has 0 spiro atoms. The summed E-state index contributed by atoms with van der Waals surface area (Å²) in [4.78, 5) is 11.1. The first-order valence-corrected chi connectivity index (χ1v) is 7.32. The summed E-state index contributed by atoms with van der Waals surface area (Å²) in [5.74, 6) is 1.52. The number of aromatic nitrogens is 3. The van der Waals surface area contributed by atoms with Gasteiger partial charge in [0.05, 0.1) is 6.04 Å². The van der Waals surface area contributed by atoms with Gasteiger partial charge in [0.2, 0.25) is 5.89 Å². The minimum absolute atomic E-state index is 0.310. The van der Waals surface area contributed by atoms with Crippen molar-refractivity contribution in [2.45, 2.75) is 38.6 Å². The van der Waals surface area contributed by atoms with Crippen molar-refractivity contribution in [3.63, 3.8) is 0 Å². The Hall–Kier alpha value is -1.75. The summed E-state index contributed by atoms with van der Waals surface area (Å²) in [7, 11) is 0. The van der Waals surface area contributed by atoms with E-state index < -0.39 is 0 Å². The second-order valence-corrected chi connectivity index (χ2v) is 5.28. The molecule has 5 nitrogen and oxygen atoms in total. The van der Waals surface area contributed by atoms with Crippen LogP contribution in [0.15, 0.2) is 29.0 Å². The molecule has 20 heavy (non-hydrogen) atoms. The summed E-state index contributed by atoms with van der Waals surface area (Å²) in [6, 6.07) is 4.27. The molecule has 1 saturated heterocycles. The van der Waals surface area contributed by atoms with Gasteiger partial charge in [-0.1, -0.05) is 18.1 Å². The standard InChI is InChI=1S/C15H20N4O/c1-2-8-19-9-4-6-13(19)15-17-14(18-20-15)10-12-5-3-7-16-11-12/h3,5,7,11,13H,2,4,6,8-10H2,1H3. The zero-order valence-electron chi connectivity index (χ0n) is 11.8. The molecule has 1 fully saturated rings. The van der Waals surface area contributed by atoms with E-state index in [1.54, 1.807) is 6.20 Å². The molecule has 0 bridgehead atoms. The molecule has 0 aliphatic carbocycles. The Morgan fingerprint density at radius 3 is 3.20 bits per heavy atom. The van der Waals surface area contributed by atoms with Crippen molar-refractivity contribution in [2.75, 3.05) is 13.1 Å². The molecule has 1 aliphatic heterocycles. The summed E-state index contributed by atoms with van der Waals surface area (Å²) in [6.45, 7) is 4.45. The predicted octanol–water partition coefficient (Wildman–Crippen LogP) is 2.60. The van der Waals surface area contributed by atoms with Crippen LogP contribution in [-0.2, 0) is 6.42 Å². The topological polar surface area (TPSA) is 55.1 Å². The summed E-state index contributed by atoms with van der Waals surface area (Å²) >= 11 is 0. The van der Waals surface area contributed by atoms with Crippen LogP contribution in [0, 0.1) is 0 Å². The molecule has 0 aromatic carbocycles. The van der Waals surface area contributed by atoms with Gasteiger partial charge in [-0.25, -0.2) is 0 Å². The number of hydrogen-bond donors (Lipinski definition) is 0. The highest BCUT2D eigenvalue weighted by atomic mass is 16.5. The molecule has 106 valence electrons. The van der Waals surface area contributed by atoms with Gasteiger partial charge in [0.15, 0.2) is 5.82 Å². The zero-order chi connectivity index (χ0) is 13.8. The highest BCUT2D eigenvalue weighted by Crippen LogP contribution is 2.30. The number of rotatable bonds is 5. The molecule has 0 amide bonds. The van der Waals surface area contributed by atoms with E-state index >= 15 is 0 Å². The zero-order valence-corrected chi connectivity index (χ0v) is 11.8. The van der Waals surface area contributed by atoms with E-state index in [2.05, 4.69) is 26.9 Å². The average molecular weight is 272 g/mol. The van der Waals surface area contributed by atoms with E-state index in [0.29, 0.717) is 12.5 Å². The van der Waals surface area contributed by atoms with Crippen LogP contribution in [0.3, 0.4) is 0 Å². The fraction of sp³-hybridized carbons (Fsp3) is 0.533. The van der Waals surface area contributed by atoms with Crippen LogP contribution in [0.4, 0.5) is 0 Å². The molecular weight excluding hydrogens is 252 g/mol. The first-order chi connectivity index (χ1) is 9.86. The molecule has 0 radical (unpaired) electrons. The number of nitrogens with zero attached hydrogens (tertiary/aromatic N) is 4. The maximum absolute atomic E-state index is 5.47. The van der Waals surface area contributed by atoms with Crippen LogP contribution in [0.5, 0.6) is 0 Å². The fourth-order valence-corrected chi connectivity index (χ4v) is 2.82. The smallest absolute Gasteiger partial charge is 0.244 e. The Morgan fingerprint density at radius 2 is 2.40 bits per heavy atom. The third kappa shape index (κ3) is 2.88. The number of pyridine rings is 1. The first kappa shape index (κ1) is 13.2. The lowest BCUT2D eigenvalue weighted by Gasteiger charge is -2.20. The minimum Gasteiger partial charge on any atom is -0.338 e. The Bertz CT molecular complexity index is 540. The highest BCUT2D eigenvalue weighted by molar-refractivity contribution is 5.14. The molecule has 5 heteroatoms. The van der Waals surface area contributed by atoms with Gasteiger partial charge in [0.1, 0.15) is 0 Å². The van der Waals surface area contributed by atoms with Crippen LogP contribution in [0.25, 0.3) is 0 Å². The van der Waals surface area contributed by atoms with E-state index in [-0.39, 0.29) is 0 Å². The second-order valence-electron chi connectivity index (χ2n) is 5.28.